The summed E-state index contributed by atoms with van der Waals surface area (Å²) in [6.45, 7) is 2.18. The predicted octanol–water partition coefficient (Wildman–Crippen LogP) is 4.83. The van der Waals surface area contributed by atoms with E-state index in [0.717, 1.165) is 16.9 Å². The number of ketones is 1. The Labute approximate surface area is 210 Å². The highest BCUT2D eigenvalue weighted by atomic mass is 16.5. The molecule has 0 aliphatic carbocycles. The standard InChI is InChI=1S/C29H28N2O5/c1-21-16-26(36-31-21)18-29(33)30-27(20-34-19-23-8-4-2-5-9-23)28(32)17-22-12-14-25(15-13-22)35-24-10-6-3-7-11-24/h2-16,27H,17-20H2,1H3,(H,30,33). The van der Waals surface area contributed by atoms with Crippen molar-refractivity contribution in [3.05, 3.63) is 114 Å². The summed E-state index contributed by atoms with van der Waals surface area (Å²) in [5, 5.41) is 6.60. The third-order valence-corrected chi connectivity index (χ3v) is 5.41. The number of hydrogen-bond acceptors (Lipinski definition) is 6. The van der Waals surface area contributed by atoms with E-state index in [1.165, 1.54) is 0 Å². The Kier molecular flexibility index (Phi) is 8.62. The molecule has 1 N–H and O–H groups in total. The number of ether oxygens (including phenoxy) is 2. The monoisotopic (exact) mass is 484 g/mol. The zero-order valence-corrected chi connectivity index (χ0v) is 20.1. The normalized spacial score (nSPS) is 11.6. The zero-order chi connectivity index (χ0) is 25.2. The molecule has 7 nitrogen and oxygen atoms in total. The molecule has 3 aromatic carbocycles. The molecule has 0 bridgehead atoms. The summed E-state index contributed by atoms with van der Waals surface area (Å²) in [6, 6.07) is 27.4. The molecule has 0 saturated carbocycles. The number of hydrogen-bond donors (Lipinski definition) is 1. The number of nitrogens with one attached hydrogen (secondary N) is 1. The molecule has 4 rings (SSSR count). The number of Topliss-reactive ketones (excluding diaryl/α,β-unsaturated/α-hetero) is 1. The molecule has 184 valence electrons. The number of rotatable bonds is 12. The van der Waals surface area contributed by atoms with Gasteiger partial charge in [0.2, 0.25) is 5.91 Å². The van der Waals surface area contributed by atoms with Crippen LogP contribution in [0.25, 0.3) is 0 Å². The maximum Gasteiger partial charge on any atom is 0.228 e. The Bertz CT molecular complexity index is 1250. The summed E-state index contributed by atoms with van der Waals surface area (Å²) in [5.41, 5.74) is 2.49. The van der Waals surface area contributed by atoms with Crippen molar-refractivity contribution in [3.8, 4) is 11.5 Å². The smallest absolute Gasteiger partial charge is 0.228 e. The zero-order valence-electron chi connectivity index (χ0n) is 20.1. The van der Waals surface area contributed by atoms with Crippen molar-refractivity contribution in [1.82, 2.24) is 10.5 Å². The quantitative estimate of drug-likeness (QED) is 0.310. The van der Waals surface area contributed by atoms with Crippen LogP contribution in [0.3, 0.4) is 0 Å². The van der Waals surface area contributed by atoms with Crippen LogP contribution in [0.4, 0.5) is 0 Å². The van der Waals surface area contributed by atoms with Crippen molar-refractivity contribution < 1.29 is 23.6 Å². The summed E-state index contributed by atoms with van der Waals surface area (Å²) in [4.78, 5) is 25.8. The second kappa shape index (κ2) is 12.5. The fourth-order valence-electron chi connectivity index (χ4n) is 3.61. The second-order valence-corrected chi connectivity index (χ2v) is 8.43. The number of carbonyl (C=O) groups excluding carboxylic acids is 2. The van der Waals surface area contributed by atoms with Crippen LogP contribution in [0.5, 0.6) is 11.5 Å². The van der Waals surface area contributed by atoms with Crippen LogP contribution in [-0.2, 0) is 33.8 Å². The van der Waals surface area contributed by atoms with E-state index in [1.807, 2.05) is 84.9 Å². The number of para-hydroxylation sites is 1. The number of benzene rings is 3. The van der Waals surface area contributed by atoms with E-state index >= 15 is 0 Å². The minimum Gasteiger partial charge on any atom is -0.457 e. The number of carbonyl (C=O) groups is 2. The lowest BCUT2D eigenvalue weighted by atomic mass is 10.0. The Hall–Kier alpha value is -4.23. The van der Waals surface area contributed by atoms with E-state index in [2.05, 4.69) is 10.5 Å². The minimum atomic E-state index is -0.800. The minimum absolute atomic E-state index is 0.00513. The lowest BCUT2D eigenvalue weighted by Gasteiger charge is -2.18. The van der Waals surface area contributed by atoms with Crippen LogP contribution in [0, 0.1) is 6.92 Å². The Morgan fingerprint density at radius 2 is 1.53 bits per heavy atom. The predicted molar refractivity (Wildman–Crippen MR) is 135 cm³/mol. The summed E-state index contributed by atoms with van der Waals surface area (Å²) in [5.74, 6) is 1.37. The lowest BCUT2D eigenvalue weighted by Crippen LogP contribution is -2.45. The van der Waals surface area contributed by atoms with Gasteiger partial charge in [0.05, 0.1) is 25.3 Å². The Morgan fingerprint density at radius 3 is 2.19 bits per heavy atom. The first-order valence-corrected chi connectivity index (χ1v) is 11.7. The molecule has 1 amide bonds. The molecule has 1 atom stereocenters. The van der Waals surface area contributed by atoms with Crippen LogP contribution in [-0.4, -0.2) is 29.5 Å². The van der Waals surface area contributed by atoms with Gasteiger partial charge in [-0.1, -0.05) is 65.8 Å². The number of nitrogens with zero attached hydrogens (tertiary/aromatic N) is 1. The van der Waals surface area contributed by atoms with Gasteiger partial charge in [-0.15, -0.1) is 0 Å². The van der Waals surface area contributed by atoms with Gasteiger partial charge >= 0.3 is 0 Å². The van der Waals surface area contributed by atoms with E-state index in [4.69, 9.17) is 14.0 Å². The largest absolute Gasteiger partial charge is 0.457 e. The van der Waals surface area contributed by atoms with E-state index in [1.54, 1.807) is 13.0 Å². The molecule has 0 radical (unpaired) electrons. The molecule has 0 aliphatic heterocycles. The second-order valence-electron chi connectivity index (χ2n) is 8.43. The Balaban J connectivity index is 1.37. The van der Waals surface area contributed by atoms with Gasteiger partial charge < -0.3 is 19.3 Å². The molecule has 0 aliphatic rings. The van der Waals surface area contributed by atoms with Gasteiger partial charge in [-0.3, -0.25) is 9.59 Å². The highest BCUT2D eigenvalue weighted by Crippen LogP contribution is 2.21. The van der Waals surface area contributed by atoms with Gasteiger partial charge in [-0.05, 0) is 42.3 Å². The van der Waals surface area contributed by atoms with Crippen molar-refractivity contribution >= 4 is 11.7 Å². The fraction of sp³-hybridized carbons (Fsp3) is 0.207. The van der Waals surface area contributed by atoms with E-state index < -0.39 is 6.04 Å². The van der Waals surface area contributed by atoms with Crippen molar-refractivity contribution in [2.45, 2.75) is 32.4 Å². The van der Waals surface area contributed by atoms with Gasteiger partial charge in [0.15, 0.2) is 5.78 Å². The first-order chi connectivity index (χ1) is 17.5. The first kappa shape index (κ1) is 24.9. The van der Waals surface area contributed by atoms with Crippen LogP contribution >= 0.6 is 0 Å². The van der Waals surface area contributed by atoms with E-state index in [-0.39, 0.29) is 31.1 Å². The average molecular weight is 485 g/mol. The highest BCUT2D eigenvalue weighted by Gasteiger charge is 2.22. The van der Waals surface area contributed by atoms with E-state index in [0.29, 0.717) is 23.8 Å². The SMILES string of the molecule is Cc1cc(CC(=O)NC(COCc2ccccc2)C(=O)Cc2ccc(Oc3ccccc3)cc2)on1. The number of aryl methyl sites for hydroxylation is 1. The molecule has 1 aromatic heterocycles. The third-order valence-electron chi connectivity index (χ3n) is 5.41. The fourth-order valence-corrected chi connectivity index (χ4v) is 3.61. The molecule has 0 saturated heterocycles. The van der Waals surface area contributed by atoms with Crippen molar-refractivity contribution in [1.29, 1.82) is 0 Å². The first-order valence-electron chi connectivity index (χ1n) is 11.7. The number of aromatic nitrogens is 1. The molecule has 36 heavy (non-hydrogen) atoms. The van der Waals surface area contributed by atoms with Crippen molar-refractivity contribution in [2.75, 3.05) is 6.61 Å². The Morgan fingerprint density at radius 1 is 0.861 bits per heavy atom. The summed E-state index contributed by atoms with van der Waals surface area (Å²) < 4.78 is 16.7. The topological polar surface area (TPSA) is 90.7 Å². The van der Waals surface area contributed by atoms with Crippen LogP contribution in [0.15, 0.2) is 95.5 Å². The summed E-state index contributed by atoms with van der Waals surface area (Å²) >= 11 is 0. The van der Waals surface area contributed by atoms with Crippen molar-refractivity contribution in [3.63, 3.8) is 0 Å². The molecular weight excluding hydrogens is 456 g/mol. The summed E-state index contributed by atoms with van der Waals surface area (Å²) in [6.07, 6.45) is 0.140. The maximum atomic E-state index is 13.2. The average Bonchev–Trinajstić information content (AvgIpc) is 3.30. The lowest BCUT2D eigenvalue weighted by molar-refractivity contribution is -0.129. The molecule has 0 spiro atoms. The van der Waals surface area contributed by atoms with Crippen LogP contribution in [0.2, 0.25) is 0 Å². The maximum absolute atomic E-state index is 13.2. The van der Waals surface area contributed by atoms with Gasteiger partial charge in [-0.25, -0.2) is 0 Å². The van der Waals surface area contributed by atoms with Gasteiger partial charge in [0, 0.05) is 12.5 Å². The molecule has 1 heterocycles. The van der Waals surface area contributed by atoms with Crippen molar-refractivity contribution in [2.24, 2.45) is 0 Å². The summed E-state index contributed by atoms with van der Waals surface area (Å²) in [7, 11) is 0. The molecular formula is C29H28N2O5. The van der Waals surface area contributed by atoms with E-state index in [9.17, 15) is 9.59 Å². The van der Waals surface area contributed by atoms with Crippen LogP contribution in [0.1, 0.15) is 22.6 Å². The molecule has 0 fully saturated rings. The third kappa shape index (κ3) is 7.65. The highest BCUT2D eigenvalue weighted by molar-refractivity contribution is 5.91. The number of amides is 1. The van der Waals surface area contributed by atoms with Gasteiger partial charge in [0.25, 0.3) is 0 Å². The molecule has 1 unspecified atom stereocenters. The van der Waals surface area contributed by atoms with Crippen LogP contribution < -0.4 is 10.1 Å². The van der Waals surface area contributed by atoms with Gasteiger partial charge in [0.1, 0.15) is 23.3 Å². The molecule has 4 aromatic rings. The van der Waals surface area contributed by atoms with Gasteiger partial charge in [-0.2, -0.15) is 0 Å². The molecule has 7 heteroatoms.